The molecule has 5 unspecified atom stereocenters. The molecule has 1 heterocycles. The molecule has 0 amide bonds. The molecule has 4 aromatic carbocycles. The Morgan fingerprint density at radius 2 is 1.22 bits per heavy atom. The molecule has 0 aromatic heterocycles. The Kier molecular flexibility index (Phi) is 12.2. The van der Waals surface area contributed by atoms with Crippen molar-refractivity contribution in [2.45, 2.75) is 50.0 Å². The number of hydrogen-bond acceptors (Lipinski definition) is 8. The van der Waals surface area contributed by atoms with Crippen molar-refractivity contribution in [3.05, 3.63) is 142 Å². The first-order valence-electron chi connectivity index (χ1n) is 14.8. The van der Waals surface area contributed by atoms with E-state index in [0.717, 1.165) is 15.6 Å². The fourth-order valence-electron chi connectivity index (χ4n) is 4.94. The Morgan fingerprint density at radius 1 is 0.689 bits per heavy atom. The monoisotopic (exact) mass is 690 g/mol. The number of rotatable bonds is 13. The summed E-state index contributed by atoms with van der Waals surface area (Å²) in [7, 11) is 0. The number of carbonyl (C=O) groups excluding carboxylic acids is 2. The summed E-state index contributed by atoms with van der Waals surface area (Å²) >= 11 is 4.93. The second kappa shape index (κ2) is 16.7. The SMILES string of the molecule is CCSC1OC(COCc2ccc(Br)cc2)C(OCc2ccccc2)C(OC(=O)c2ccccc2)C1OC(=O)c1ccccc1. The molecule has 45 heavy (non-hydrogen) atoms. The Bertz CT molecular complexity index is 1490. The molecule has 1 fully saturated rings. The largest absolute Gasteiger partial charge is 0.452 e. The third-order valence-corrected chi connectivity index (χ3v) is 8.75. The molecule has 7 nitrogen and oxygen atoms in total. The van der Waals surface area contributed by atoms with Gasteiger partial charge in [0.1, 0.15) is 17.6 Å². The molecule has 0 N–H and O–H groups in total. The van der Waals surface area contributed by atoms with E-state index in [2.05, 4.69) is 15.9 Å². The highest BCUT2D eigenvalue weighted by Gasteiger charge is 2.51. The molecule has 0 bridgehead atoms. The van der Waals surface area contributed by atoms with Crippen LogP contribution in [0.2, 0.25) is 0 Å². The molecule has 234 valence electrons. The lowest BCUT2D eigenvalue weighted by atomic mass is 9.98. The summed E-state index contributed by atoms with van der Waals surface area (Å²) in [5.41, 5.74) is 2.04. The zero-order valence-electron chi connectivity index (χ0n) is 24.8. The van der Waals surface area contributed by atoms with Gasteiger partial charge in [0.15, 0.2) is 12.2 Å². The van der Waals surface area contributed by atoms with Crippen molar-refractivity contribution >= 4 is 39.6 Å². The van der Waals surface area contributed by atoms with Crippen LogP contribution >= 0.6 is 27.7 Å². The maximum Gasteiger partial charge on any atom is 0.338 e. The van der Waals surface area contributed by atoms with Crippen molar-refractivity contribution in [1.29, 1.82) is 0 Å². The van der Waals surface area contributed by atoms with E-state index >= 15 is 0 Å². The fourth-order valence-corrected chi connectivity index (χ4v) is 6.16. The number of halogens is 1. The minimum Gasteiger partial charge on any atom is -0.452 e. The molecule has 1 saturated heterocycles. The molecule has 1 aliphatic heterocycles. The van der Waals surface area contributed by atoms with Crippen molar-refractivity contribution < 1.29 is 33.3 Å². The summed E-state index contributed by atoms with van der Waals surface area (Å²) in [6.07, 6.45) is -3.40. The molecule has 1 aliphatic rings. The molecule has 5 rings (SSSR count). The maximum atomic E-state index is 13.5. The Hall–Kier alpha value is -3.47. The van der Waals surface area contributed by atoms with Crippen LogP contribution in [0.1, 0.15) is 38.8 Å². The zero-order chi connectivity index (χ0) is 31.4. The number of ether oxygens (including phenoxy) is 5. The normalized spacial score (nSPS) is 21.2. The van der Waals surface area contributed by atoms with E-state index in [4.69, 9.17) is 23.7 Å². The van der Waals surface area contributed by atoms with Crippen molar-refractivity contribution in [3.8, 4) is 0 Å². The Balaban J connectivity index is 1.46. The minimum absolute atomic E-state index is 0.162. The van der Waals surface area contributed by atoms with Crippen LogP contribution in [-0.2, 0) is 36.9 Å². The molecule has 9 heteroatoms. The van der Waals surface area contributed by atoms with E-state index in [0.29, 0.717) is 23.5 Å². The van der Waals surface area contributed by atoms with Crippen LogP contribution in [0, 0.1) is 0 Å². The molecule has 0 aliphatic carbocycles. The smallest absolute Gasteiger partial charge is 0.338 e. The Labute approximate surface area is 276 Å². The highest BCUT2D eigenvalue weighted by molar-refractivity contribution is 9.10. The summed E-state index contributed by atoms with van der Waals surface area (Å²) in [5.74, 6) is -0.421. The first kappa shape index (κ1) is 32.9. The highest BCUT2D eigenvalue weighted by atomic mass is 79.9. The summed E-state index contributed by atoms with van der Waals surface area (Å²) in [6.45, 7) is 2.73. The van der Waals surface area contributed by atoms with Gasteiger partial charge in [0, 0.05) is 4.47 Å². The van der Waals surface area contributed by atoms with Crippen LogP contribution in [0.3, 0.4) is 0 Å². The average Bonchev–Trinajstić information content (AvgIpc) is 3.08. The van der Waals surface area contributed by atoms with Gasteiger partial charge in [0.2, 0.25) is 0 Å². The summed E-state index contributed by atoms with van der Waals surface area (Å²) in [4.78, 5) is 26.9. The predicted molar refractivity (Wildman–Crippen MR) is 177 cm³/mol. The lowest BCUT2D eigenvalue weighted by Crippen LogP contribution is -2.61. The van der Waals surface area contributed by atoms with Crippen LogP contribution in [-0.4, -0.2) is 54.2 Å². The quantitative estimate of drug-likeness (QED) is 0.134. The lowest BCUT2D eigenvalue weighted by Gasteiger charge is -2.45. The van der Waals surface area contributed by atoms with Crippen molar-refractivity contribution in [2.24, 2.45) is 0 Å². The first-order valence-corrected chi connectivity index (χ1v) is 16.6. The van der Waals surface area contributed by atoms with E-state index in [1.807, 2.05) is 73.7 Å². The second-order valence-corrected chi connectivity index (χ2v) is 12.7. The number of esters is 2. The summed E-state index contributed by atoms with van der Waals surface area (Å²) in [6, 6.07) is 35.0. The molecule has 0 saturated carbocycles. The van der Waals surface area contributed by atoms with Crippen molar-refractivity contribution in [2.75, 3.05) is 12.4 Å². The standard InChI is InChI=1S/C36H35BrO7S/c1-2-45-36-33(44-35(39)28-16-10-5-11-17-28)32(43-34(38)27-14-8-4-9-15-27)31(41-23-25-12-6-3-7-13-25)30(42-36)24-40-22-26-18-20-29(37)21-19-26/h3-21,30-33,36H,2,22-24H2,1H3. The average molecular weight is 692 g/mol. The van der Waals surface area contributed by atoms with Gasteiger partial charge in [-0.05, 0) is 53.3 Å². The van der Waals surface area contributed by atoms with Gasteiger partial charge in [-0.3, -0.25) is 0 Å². The van der Waals surface area contributed by atoms with E-state index < -0.39 is 41.8 Å². The molecule has 0 spiro atoms. The second-order valence-electron chi connectivity index (χ2n) is 10.4. The molecule has 5 atom stereocenters. The molecular weight excluding hydrogens is 656 g/mol. The van der Waals surface area contributed by atoms with Gasteiger partial charge in [-0.25, -0.2) is 9.59 Å². The zero-order valence-corrected chi connectivity index (χ0v) is 27.2. The van der Waals surface area contributed by atoms with Gasteiger partial charge in [0.05, 0.1) is 30.9 Å². The summed E-state index contributed by atoms with van der Waals surface area (Å²) in [5, 5.41) is 0. The van der Waals surface area contributed by atoms with E-state index in [1.165, 1.54) is 11.8 Å². The third-order valence-electron chi connectivity index (χ3n) is 7.18. The van der Waals surface area contributed by atoms with E-state index in [-0.39, 0.29) is 13.2 Å². The molecular formula is C36H35BrO7S. The van der Waals surface area contributed by atoms with Gasteiger partial charge < -0.3 is 23.7 Å². The first-order chi connectivity index (χ1) is 22.0. The fraction of sp³-hybridized carbons (Fsp3) is 0.278. The number of benzene rings is 4. The van der Waals surface area contributed by atoms with Gasteiger partial charge >= 0.3 is 11.9 Å². The van der Waals surface area contributed by atoms with Crippen molar-refractivity contribution in [1.82, 2.24) is 0 Å². The van der Waals surface area contributed by atoms with Crippen LogP contribution in [0.5, 0.6) is 0 Å². The van der Waals surface area contributed by atoms with Gasteiger partial charge in [-0.1, -0.05) is 102 Å². The van der Waals surface area contributed by atoms with Crippen LogP contribution in [0.15, 0.2) is 120 Å². The van der Waals surface area contributed by atoms with Gasteiger partial charge in [-0.15, -0.1) is 11.8 Å². The third kappa shape index (κ3) is 9.28. The topological polar surface area (TPSA) is 80.3 Å². The van der Waals surface area contributed by atoms with E-state index in [1.54, 1.807) is 48.5 Å². The lowest BCUT2D eigenvalue weighted by molar-refractivity contribution is -0.228. The molecule has 4 aromatic rings. The van der Waals surface area contributed by atoms with Crippen LogP contribution in [0.25, 0.3) is 0 Å². The predicted octanol–water partition coefficient (Wildman–Crippen LogP) is 7.48. The van der Waals surface area contributed by atoms with Gasteiger partial charge in [0.25, 0.3) is 0 Å². The number of thioether (sulfide) groups is 1. The number of carbonyl (C=O) groups is 2. The van der Waals surface area contributed by atoms with E-state index in [9.17, 15) is 9.59 Å². The molecule has 0 radical (unpaired) electrons. The van der Waals surface area contributed by atoms with Crippen molar-refractivity contribution in [3.63, 3.8) is 0 Å². The van der Waals surface area contributed by atoms with Crippen LogP contribution < -0.4 is 0 Å². The maximum absolute atomic E-state index is 13.5. The number of hydrogen-bond donors (Lipinski definition) is 0. The highest BCUT2D eigenvalue weighted by Crippen LogP contribution is 2.35. The van der Waals surface area contributed by atoms with Gasteiger partial charge in [-0.2, -0.15) is 0 Å². The van der Waals surface area contributed by atoms with Crippen LogP contribution in [0.4, 0.5) is 0 Å². The summed E-state index contributed by atoms with van der Waals surface area (Å²) < 4.78 is 32.6. The minimum atomic E-state index is -0.992. The Morgan fingerprint density at radius 3 is 1.80 bits per heavy atom.